The molecule has 1 saturated heterocycles. The van der Waals surface area contributed by atoms with Crippen LogP contribution in [0.3, 0.4) is 0 Å². The molecule has 1 saturated carbocycles. The smallest absolute Gasteiger partial charge is 0.108 e. The van der Waals surface area contributed by atoms with Crippen LogP contribution in [-0.4, -0.2) is 17.9 Å². The van der Waals surface area contributed by atoms with Gasteiger partial charge in [-0.3, -0.25) is 5.32 Å². The van der Waals surface area contributed by atoms with Crippen molar-refractivity contribution in [3.8, 4) is 0 Å². The van der Waals surface area contributed by atoms with Crippen molar-refractivity contribution in [1.82, 2.24) is 5.32 Å². The highest BCUT2D eigenvalue weighted by Gasteiger charge is 2.35. The summed E-state index contributed by atoms with van der Waals surface area (Å²) in [4.78, 5) is 0. The van der Waals surface area contributed by atoms with E-state index in [1.165, 1.54) is 25.7 Å². The van der Waals surface area contributed by atoms with Crippen LogP contribution in [0.4, 0.5) is 0 Å². The van der Waals surface area contributed by atoms with Crippen LogP contribution in [-0.2, 0) is 0 Å². The molecule has 0 radical (unpaired) electrons. The number of fused-ring (bicyclic) bond motifs is 1. The fourth-order valence-corrected chi connectivity index (χ4v) is 2.33. The number of aliphatic hydroxyl groups is 1. The molecule has 0 unspecified atom stereocenters. The van der Waals surface area contributed by atoms with Crippen LogP contribution in [0.25, 0.3) is 0 Å². The molecule has 1 aliphatic heterocycles. The number of rotatable bonds is 0. The molecule has 2 heteroatoms. The highest BCUT2D eigenvalue weighted by atomic mass is 16.3. The molecule has 0 amide bonds. The second kappa shape index (κ2) is 2.51. The average Bonchev–Trinajstić information content (AvgIpc) is 2.34. The number of aliphatic hydroxyl groups excluding tert-OH is 1. The standard InChI is InChI=1S/C8H15NO/c10-8-7-4-2-1-3-6(7)5-9-8/h6-10H,1-5H2/t6-,7+,8+/m1/s1. The molecule has 2 N–H and O–H groups in total. The molecule has 2 rings (SSSR count). The molecule has 0 aromatic heterocycles. The van der Waals surface area contributed by atoms with Crippen LogP contribution in [0.2, 0.25) is 0 Å². The van der Waals surface area contributed by atoms with Crippen molar-refractivity contribution in [2.75, 3.05) is 6.54 Å². The Morgan fingerprint density at radius 2 is 2.00 bits per heavy atom. The third-order valence-electron chi connectivity index (χ3n) is 2.96. The average molecular weight is 141 g/mol. The zero-order chi connectivity index (χ0) is 6.97. The Balaban J connectivity index is 2.01. The predicted molar refractivity (Wildman–Crippen MR) is 39.5 cm³/mol. The van der Waals surface area contributed by atoms with Crippen molar-refractivity contribution in [3.05, 3.63) is 0 Å². The fraction of sp³-hybridized carbons (Fsp3) is 1.00. The first-order valence-electron chi connectivity index (χ1n) is 4.29. The van der Waals surface area contributed by atoms with Crippen molar-refractivity contribution in [1.29, 1.82) is 0 Å². The monoisotopic (exact) mass is 141 g/mol. The third-order valence-corrected chi connectivity index (χ3v) is 2.96. The van der Waals surface area contributed by atoms with E-state index in [4.69, 9.17) is 0 Å². The lowest BCUT2D eigenvalue weighted by Crippen LogP contribution is -2.27. The van der Waals surface area contributed by atoms with Gasteiger partial charge in [0.25, 0.3) is 0 Å². The lowest BCUT2D eigenvalue weighted by atomic mass is 9.81. The summed E-state index contributed by atoms with van der Waals surface area (Å²) in [7, 11) is 0. The first kappa shape index (κ1) is 6.62. The molecule has 3 atom stereocenters. The molecule has 0 aromatic carbocycles. The molecule has 1 heterocycles. The maximum atomic E-state index is 9.41. The zero-order valence-corrected chi connectivity index (χ0v) is 6.21. The van der Waals surface area contributed by atoms with Crippen LogP contribution in [0.5, 0.6) is 0 Å². The number of hydrogen-bond donors (Lipinski definition) is 2. The summed E-state index contributed by atoms with van der Waals surface area (Å²) in [6, 6.07) is 0. The third kappa shape index (κ3) is 0.956. The molecule has 0 bridgehead atoms. The summed E-state index contributed by atoms with van der Waals surface area (Å²) >= 11 is 0. The lowest BCUT2D eigenvalue weighted by Gasteiger charge is -2.25. The minimum absolute atomic E-state index is 0.190. The number of nitrogens with one attached hydrogen (secondary N) is 1. The van der Waals surface area contributed by atoms with Gasteiger partial charge in [-0.2, -0.15) is 0 Å². The van der Waals surface area contributed by atoms with E-state index in [1.807, 2.05) is 0 Å². The van der Waals surface area contributed by atoms with Gasteiger partial charge < -0.3 is 5.11 Å². The first-order valence-corrected chi connectivity index (χ1v) is 4.29. The van der Waals surface area contributed by atoms with Crippen LogP contribution in [0.1, 0.15) is 25.7 Å². The Morgan fingerprint density at radius 1 is 1.20 bits per heavy atom. The maximum Gasteiger partial charge on any atom is 0.108 e. The van der Waals surface area contributed by atoms with Gasteiger partial charge in [-0.15, -0.1) is 0 Å². The number of hydrogen-bond acceptors (Lipinski definition) is 2. The molecule has 58 valence electrons. The van der Waals surface area contributed by atoms with E-state index in [9.17, 15) is 5.11 Å². The quantitative estimate of drug-likeness (QED) is 0.521. The van der Waals surface area contributed by atoms with E-state index in [-0.39, 0.29) is 6.23 Å². The Morgan fingerprint density at radius 3 is 2.80 bits per heavy atom. The summed E-state index contributed by atoms with van der Waals surface area (Å²) in [6.07, 6.45) is 5.06. The highest BCUT2D eigenvalue weighted by Crippen LogP contribution is 2.34. The largest absolute Gasteiger partial charge is 0.378 e. The molecular formula is C8H15NO. The summed E-state index contributed by atoms with van der Waals surface area (Å²) in [5.41, 5.74) is 0. The van der Waals surface area contributed by atoms with Gasteiger partial charge in [-0.1, -0.05) is 12.8 Å². The second-order valence-electron chi connectivity index (χ2n) is 3.56. The van der Waals surface area contributed by atoms with Crippen LogP contribution >= 0.6 is 0 Å². The van der Waals surface area contributed by atoms with Gasteiger partial charge in [0, 0.05) is 12.5 Å². The van der Waals surface area contributed by atoms with Crippen molar-refractivity contribution in [2.24, 2.45) is 11.8 Å². The maximum absolute atomic E-state index is 9.41. The van der Waals surface area contributed by atoms with Gasteiger partial charge in [-0.05, 0) is 18.8 Å². The molecular weight excluding hydrogens is 126 g/mol. The van der Waals surface area contributed by atoms with E-state index in [1.54, 1.807) is 0 Å². The van der Waals surface area contributed by atoms with Crippen LogP contribution in [0.15, 0.2) is 0 Å². The SMILES string of the molecule is O[C@@H]1NC[C@H]2CCCC[C@@H]21. The minimum atomic E-state index is -0.190. The van der Waals surface area contributed by atoms with Gasteiger partial charge >= 0.3 is 0 Å². The summed E-state index contributed by atoms with van der Waals surface area (Å²) < 4.78 is 0. The van der Waals surface area contributed by atoms with Gasteiger partial charge in [-0.25, -0.2) is 0 Å². The molecule has 10 heavy (non-hydrogen) atoms. The Bertz CT molecular complexity index is 124. The normalized spacial score (nSPS) is 47.1. The van der Waals surface area contributed by atoms with Crippen molar-refractivity contribution < 1.29 is 5.11 Å². The van der Waals surface area contributed by atoms with E-state index >= 15 is 0 Å². The molecule has 2 aliphatic rings. The van der Waals surface area contributed by atoms with E-state index in [0.29, 0.717) is 5.92 Å². The Hall–Kier alpha value is -0.0800. The molecule has 0 aromatic rings. The van der Waals surface area contributed by atoms with Gasteiger partial charge in [0.1, 0.15) is 6.23 Å². The van der Waals surface area contributed by atoms with Crippen molar-refractivity contribution in [3.63, 3.8) is 0 Å². The van der Waals surface area contributed by atoms with E-state index in [2.05, 4.69) is 5.32 Å². The molecule has 1 aliphatic carbocycles. The van der Waals surface area contributed by atoms with Crippen molar-refractivity contribution >= 4 is 0 Å². The fourth-order valence-electron chi connectivity index (χ4n) is 2.33. The van der Waals surface area contributed by atoms with E-state index < -0.39 is 0 Å². The molecule has 0 spiro atoms. The van der Waals surface area contributed by atoms with Gasteiger partial charge in [0.15, 0.2) is 0 Å². The van der Waals surface area contributed by atoms with E-state index in [0.717, 1.165) is 12.5 Å². The highest BCUT2D eigenvalue weighted by molar-refractivity contribution is 4.86. The predicted octanol–water partition coefficient (Wildman–Crippen LogP) is 0.714. The zero-order valence-electron chi connectivity index (χ0n) is 6.21. The van der Waals surface area contributed by atoms with Crippen LogP contribution in [0, 0.1) is 11.8 Å². The Kier molecular flexibility index (Phi) is 1.66. The minimum Gasteiger partial charge on any atom is -0.378 e. The second-order valence-corrected chi connectivity index (χ2v) is 3.56. The summed E-state index contributed by atoms with van der Waals surface area (Å²) in [6.45, 7) is 1.05. The topological polar surface area (TPSA) is 32.3 Å². The molecule has 2 fully saturated rings. The van der Waals surface area contributed by atoms with Gasteiger partial charge in [0.05, 0.1) is 0 Å². The van der Waals surface area contributed by atoms with Crippen LogP contribution < -0.4 is 5.32 Å². The Labute approximate surface area is 61.6 Å². The van der Waals surface area contributed by atoms with Gasteiger partial charge in [0.2, 0.25) is 0 Å². The van der Waals surface area contributed by atoms with Crippen molar-refractivity contribution in [2.45, 2.75) is 31.9 Å². The summed E-state index contributed by atoms with van der Waals surface area (Å²) in [5.74, 6) is 1.36. The molecule has 2 nitrogen and oxygen atoms in total. The first-order chi connectivity index (χ1) is 4.88. The lowest BCUT2D eigenvalue weighted by molar-refractivity contribution is 0.0827. The summed E-state index contributed by atoms with van der Waals surface area (Å²) in [5, 5.41) is 12.5.